The number of nitrogens with zero attached hydrogens (tertiary/aromatic N) is 3. The van der Waals surface area contributed by atoms with Gasteiger partial charge in [0.15, 0.2) is 11.3 Å². The Bertz CT molecular complexity index is 1010. The summed E-state index contributed by atoms with van der Waals surface area (Å²) < 4.78 is 5.70. The van der Waals surface area contributed by atoms with Crippen LogP contribution in [0.4, 0.5) is 17.2 Å². The lowest BCUT2D eigenvalue weighted by Gasteiger charge is -2.05. The Kier molecular flexibility index (Phi) is 3.24. The molecule has 0 amide bonds. The highest BCUT2D eigenvalue weighted by atomic mass is 16.4. The summed E-state index contributed by atoms with van der Waals surface area (Å²) in [6.07, 6.45) is 1.39. The summed E-state index contributed by atoms with van der Waals surface area (Å²) >= 11 is 0. The van der Waals surface area contributed by atoms with Gasteiger partial charge in [-0.15, -0.1) is 0 Å². The van der Waals surface area contributed by atoms with E-state index < -0.39 is 0 Å². The third-order valence-electron chi connectivity index (χ3n) is 3.46. The molecule has 7 heteroatoms. The number of aromatic nitrogens is 3. The van der Waals surface area contributed by atoms with Gasteiger partial charge in [-0.25, -0.2) is 9.97 Å². The van der Waals surface area contributed by atoms with Crippen LogP contribution >= 0.6 is 0 Å². The van der Waals surface area contributed by atoms with Gasteiger partial charge in [0.25, 0.3) is 5.71 Å². The summed E-state index contributed by atoms with van der Waals surface area (Å²) in [4.78, 5) is 12.8. The van der Waals surface area contributed by atoms with Crippen molar-refractivity contribution in [3.05, 3.63) is 54.9 Å². The molecule has 4 N–H and O–H groups in total. The molecular weight excluding hydrogens is 306 g/mol. The van der Waals surface area contributed by atoms with E-state index in [0.29, 0.717) is 34.3 Å². The third-order valence-corrected chi connectivity index (χ3v) is 3.46. The second-order valence-electron chi connectivity index (χ2n) is 5.19. The number of rotatable bonds is 3. The molecule has 4 rings (SSSR count). The number of nitrogen functional groups attached to an aromatic ring is 1. The van der Waals surface area contributed by atoms with Gasteiger partial charge in [0.05, 0.1) is 0 Å². The fourth-order valence-electron chi connectivity index (χ4n) is 2.32. The maximum atomic E-state index is 9.56. The molecule has 0 saturated carbocycles. The summed E-state index contributed by atoms with van der Waals surface area (Å²) in [5.41, 5.74) is 8.73. The van der Waals surface area contributed by atoms with Gasteiger partial charge in [0.2, 0.25) is 5.89 Å². The Labute approximate surface area is 136 Å². The molecule has 24 heavy (non-hydrogen) atoms. The van der Waals surface area contributed by atoms with E-state index in [2.05, 4.69) is 20.3 Å². The molecule has 2 aromatic heterocycles. The minimum absolute atomic E-state index is 0.160. The van der Waals surface area contributed by atoms with Crippen LogP contribution in [0.3, 0.4) is 0 Å². The zero-order valence-electron chi connectivity index (χ0n) is 12.5. The second-order valence-corrected chi connectivity index (χ2v) is 5.19. The average Bonchev–Trinajstić information content (AvgIpc) is 3.01. The molecule has 2 heterocycles. The molecule has 0 bridgehead atoms. The number of anilines is 3. The molecule has 0 saturated heterocycles. The molecule has 0 aliphatic carbocycles. The number of hydrogen-bond donors (Lipinski definition) is 3. The van der Waals surface area contributed by atoms with Crippen LogP contribution in [0.1, 0.15) is 0 Å². The molecule has 0 aliphatic heterocycles. The van der Waals surface area contributed by atoms with Crippen molar-refractivity contribution in [2.45, 2.75) is 0 Å². The number of fused-ring (bicyclic) bond motifs is 1. The van der Waals surface area contributed by atoms with E-state index in [1.165, 1.54) is 6.33 Å². The summed E-state index contributed by atoms with van der Waals surface area (Å²) in [5.74, 6) is 1.09. The first-order valence-electron chi connectivity index (χ1n) is 7.22. The lowest BCUT2D eigenvalue weighted by Crippen LogP contribution is -1.95. The van der Waals surface area contributed by atoms with Crippen LogP contribution in [-0.2, 0) is 0 Å². The van der Waals surface area contributed by atoms with Gasteiger partial charge in [-0.05, 0) is 36.4 Å². The number of aromatic hydroxyl groups is 1. The minimum atomic E-state index is 0.160. The average molecular weight is 319 g/mol. The lowest BCUT2D eigenvalue weighted by molar-refractivity contribution is 0.475. The molecule has 0 spiro atoms. The van der Waals surface area contributed by atoms with Gasteiger partial charge in [-0.1, -0.05) is 6.07 Å². The Balaban J connectivity index is 1.76. The van der Waals surface area contributed by atoms with Crippen LogP contribution in [0.25, 0.3) is 22.7 Å². The first-order chi connectivity index (χ1) is 11.7. The van der Waals surface area contributed by atoms with E-state index in [-0.39, 0.29) is 5.75 Å². The van der Waals surface area contributed by atoms with Crippen molar-refractivity contribution in [1.29, 1.82) is 0 Å². The van der Waals surface area contributed by atoms with Crippen molar-refractivity contribution in [2.75, 3.05) is 11.1 Å². The van der Waals surface area contributed by atoms with Crippen molar-refractivity contribution in [3.63, 3.8) is 0 Å². The number of benzene rings is 2. The Hall–Kier alpha value is -3.61. The molecule has 7 nitrogen and oxygen atoms in total. The van der Waals surface area contributed by atoms with Crippen LogP contribution in [0, 0.1) is 0 Å². The van der Waals surface area contributed by atoms with Crippen LogP contribution in [0.15, 0.2) is 59.3 Å². The van der Waals surface area contributed by atoms with Crippen molar-refractivity contribution in [2.24, 2.45) is 0 Å². The minimum Gasteiger partial charge on any atom is -0.508 e. The summed E-state index contributed by atoms with van der Waals surface area (Å²) in [5, 5.41) is 12.7. The van der Waals surface area contributed by atoms with E-state index in [1.807, 2.05) is 18.2 Å². The largest absolute Gasteiger partial charge is 0.508 e. The normalized spacial score (nSPS) is 10.8. The molecule has 0 atom stereocenters. The highest BCUT2D eigenvalue weighted by Crippen LogP contribution is 2.28. The standard InChI is InChI=1S/C17H13N5O2/c18-11-6-4-10(5-7-11)16-22-14-15(19-9-20-17(14)24-16)21-12-2-1-3-13(23)8-12/h1-9,23H,18H2,(H,19,20,21). The Morgan fingerprint density at radius 2 is 1.88 bits per heavy atom. The fourth-order valence-corrected chi connectivity index (χ4v) is 2.32. The van der Waals surface area contributed by atoms with Crippen molar-refractivity contribution >= 4 is 28.4 Å². The van der Waals surface area contributed by atoms with Gasteiger partial charge in [-0.3, -0.25) is 0 Å². The van der Waals surface area contributed by atoms with Crippen molar-refractivity contribution in [3.8, 4) is 17.2 Å². The van der Waals surface area contributed by atoms with Gasteiger partial charge >= 0.3 is 0 Å². The van der Waals surface area contributed by atoms with Gasteiger partial charge in [-0.2, -0.15) is 4.98 Å². The maximum absolute atomic E-state index is 9.56. The van der Waals surface area contributed by atoms with Gasteiger partial charge in [0.1, 0.15) is 12.1 Å². The topological polar surface area (TPSA) is 110 Å². The summed E-state index contributed by atoms with van der Waals surface area (Å²) in [6.45, 7) is 0. The third kappa shape index (κ3) is 2.58. The number of phenols is 1. The van der Waals surface area contributed by atoms with E-state index >= 15 is 0 Å². The summed E-state index contributed by atoms with van der Waals surface area (Å²) in [6, 6.07) is 14.0. The SMILES string of the molecule is Nc1ccc(-c2nc3c(Nc4cccc(O)c4)ncnc3o2)cc1. The summed E-state index contributed by atoms with van der Waals surface area (Å²) in [7, 11) is 0. The zero-order valence-corrected chi connectivity index (χ0v) is 12.5. The quantitative estimate of drug-likeness (QED) is 0.497. The van der Waals surface area contributed by atoms with Crippen molar-refractivity contribution in [1.82, 2.24) is 15.0 Å². The molecule has 2 aromatic carbocycles. The van der Waals surface area contributed by atoms with E-state index in [0.717, 1.165) is 5.56 Å². The van der Waals surface area contributed by atoms with E-state index in [9.17, 15) is 5.11 Å². The number of hydrogen-bond acceptors (Lipinski definition) is 7. The monoisotopic (exact) mass is 319 g/mol. The molecule has 0 radical (unpaired) electrons. The van der Waals surface area contributed by atoms with Gasteiger partial charge in [0, 0.05) is 23.0 Å². The Morgan fingerprint density at radius 3 is 2.67 bits per heavy atom. The van der Waals surface area contributed by atoms with Crippen LogP contribution < -0.4 is 11.1 Å². The predicted molar refractivity (Wildman–Crippen MR) is 90.8 cm³/mol. The fraction of sp³-hybridized carbons (Fsp3) is 0. The molecule has 0 aliphatic rings. The molecule has 0 fully saturated rings. The van der Waals surface area contributed by atoms with Crippen LogP contribution in [-0.4, -0.2) is 20.1 Å². The van der Waals surface area contributed by atoms with Crippen molar-refractivity contribution < 1.29 is 9.52 Å². The molecule has 0 unspecified atom stereocenters. The molecule has 118 valence electrons. The predicted octanol–water partition coefficient (Wildman–Crippen LogP) is 3.32. The number of nitrogens with two attached hydrogens (primary N) is 1. The first kappa shape index (κ1) is 14.0. The molecule has 4 aromatic rings. The number of oxazole rings is 1. The smallest absolute Gasteiger partial charge is 0.252 e. The van der Waals surface area contributed by atoms with Crippen LogP contribution in [0.2, 0.25) is 0 Å². The zero-order chi connectivity index (χ0) is 16.5. The first-order valence-corrected chi connectivity index (χ1v) is 7.22. The molecular formula is C17H13N5O2. The second kappa shape index (κ2) is 5.54. The Morgan fingerprint density at radius 1 is 1.04 bits per heavy atom. The number of phenolic OH excluding ortho intramolecular Hbond substituents is 1. The lowest BCUT2D eigenvalue weighted by atomic mass is 10.2. The van der Waals surface area contributed by atoms with Gasteiger partial charge < -0.3 is 20.6 Å². The van der Waals surface area contributed by atoms with E-state index in [1.54, 1.807) is 30.3 Å². The maximum Gasteiger partial charge on any atom is 0.252 e. The van der Waals surface area contributed by atoms with E-state index in [4.69, 9.17) is 10.2 Å². The highest BCUT2D eigenvalue weighted by Gasteiger charge is 2.14. The highest BCUT2D eigenvalue weighted by molar-refractivity contribution is 5.85. The number of nitrogens with one attached hydrogen (secondary N) is 1. The van der Waals surface area contributed by atoms with Crippen LogP contribution in [0.5, 0.6) is 5.75 Å².